The molecule has 1 aromatic rings. The van der Waals surface area contributed by atoms with Gasteiger partial charge in [-0.1, -0.05) is 0 Å². The number of nitrogens with one attached hydrogen (secondary N) is 2. The monoisotopic (exact) mass is 194 g/mol. The highest BCUT2D eigenvalue weighted by atomic mass is 16.5. The molecule has 0 spiro atoms. The van der Waals surface area contributed by atoms with Gasteiger partial charge in [-0.05, 0) is 45.0 Å². The molecule has 1 fully saturated rings. The Bertz CT molecular complexity index is 252. The van der Waals surface area contributed by atoms with Gasteiger partial charge >= 0.3 is 0 Å². The standard InChI is InChI=1S/C11H18N2O/c1-9(11-3-2-6-13-11)14-10-4-7-12-8-5-10/h2-3,6,9-10,12-13H,4-5,7-8H2,1H3. The number of rotatable bonds is 3. The zero-order chi connectivity index (χ0) is 9.80. The molecular weight excluding hydrogens is 176 g/mol. The summed E-state index contributed by atoms with van der Waals surface area (Å²) in [6.45, 7) is 4.28. The maximum absolute atomic E-state index is 5.96. The third-order valence-electron chi connectivity index (χ3n) is 2.74. The Morgan fingerprint density at radius 1 is 1.43 bits per heavy atom. The predicted octanol–water partition coefficient (Wildman–Crippen LogP) is 1.84. The maximum atomic E-state index is 5.96. The van der Waals surface area contributed by atoms with Crippen LogP contribution in [0.2, 0.25) is 0 Å². The third-order valence-corrected chi connectivity index (χ3v) is 2.74. The van der Waals surface area contributed by atoms with Crippen LogP contribution < -0.4 is 5.32 Å². The number of piperidine rings is 1. The quantitative estimate of drug-likeness (QED) is 0.770. The first kappa shape index (κ1) is 9.74. The van der Waals surface area contributed by atoms with E-state index < -0.39 is 0 Å². The van der Waals surface area contributed by atoms with Gasteiger partial charge in [-0.2, -0.15) is 0 Å². The van der Waals surface area contributed by atoms with Crippen LogP contribution in [0, 0.1) is 0 Å². The highest BCUT2D eigenvalue weighted by Gasteiger charge is 2.17. The number of hydrogen-bond acceptors (Lipinski definition) is 2. The van der Waals surface area contributed by atoms with E-state index in [0.717, 1.165) is 25.9 Å². The Hall–Kier alpha value is -0.800. The number of aromatic nitrogens is 1. The molecule has 1 unspecified atom stereocenters. The normalized spacial score (nSPS) is 20.9. The molecule has 2 N–H and O–H groups in total. The van der Waals surface area contributed by atoms with Crippen molar-refractivity contribution >= 4 is 0 Å². The second-order valence-corrected chi connectivity index (χ2v) is 3.85. The fourth-order valence-electron chi connectivity index (χ4n) is 1.89. The van der Waals surface area contributed by atoms with Crippen molar-refractivity contribution in [3.8, 4) is 0 Å². The average molecular weight is 194 g/mol. The predicted molar refractivity (Wildman–Crippen MR) is 56.2 cm³/mol. The molecular formula is C11H18N2O. The molecule has 1 aliphatic heterocycles. The van der Waals surface area contributed by atoms with Crippen molar-refractivity contribution in [3.05, 3.63) is 24.0 Å². The summed E-state index contributed by atoms with van der Waals surface area (Å²) in [5.74, 6) is 0. The Balaban J connectivity index is 1.84. The van der Waals surface area contributed by atoms with Crippen molar-refractivity contribution < 1.29 is 4.74 Å². The summed E-state index contributed by atoms with van der Waals surface area (Å²) in [6.07, 6.45) is 4.82. The van der Waals surface area contributed by atoms with E-state index in [1.54, 1.807) is 0 Å². The molecule has 78 valence electrons. The van der Waals surface area contributed by atoms with Crippen molar-refractivity contribution in [2.45, 2.75) is 32.0 Å². The van der Waals surface area contributed by atoms with Gasteiger partial charge < -0.3 is 15.0 Å². The second kappa shape index (κ2) is 4.62. The average Bonchev–Trinajstić information content (AvgIpc) is 2.72. The molecule has 0 aromatic carbocycles. The smallest absolute Gasteiger partial charge is 0.0948 e. The van der Waals surface area contributed by atoms with Gasteiger partial charge in [-0.15, -0.1) is 0 Å². The molecule has 0 bridgehead atoms. The van der Waals surface area contributed by atoms with Crippen molar-refractivity contribution in [1.82, 2.24) is 10.3 Å². The van der Waals surface area contributed by atoms with Gasteiger partial charge in [0.2, 0.25) is 0 Å². The number of ether oxygens (including phenoxy) is 1. The summed E-state index contributed by atoms with van der Waals surface area (Å²) < 4.78 is 5.96. The molecule has 1 aliphatic rings. The molecule has 2 heterocycles. The van der Waals surface area contributed by atoms with Gasteiger partial charge in [-0.3, -0.25) is 0 Å². The van der Waals surface area contributed by atoms with Crippen LogP contribution in [0.5, 0.6) is 0 Å². The lowest BCUT2D eigenvalue weighted by Gasteiger charge is -2.25. The van der Waals surface area contributed by atoms with E-state index in [4.69, 9.17) is 4.74 Å². The number of hydrogen-bond donors (Lipinski definition) is 2. The van der Waals surface area contributed by atoms with E-state index in [1.165, 1.54) is 5.69 Å². The van der Waals surface area contributed by atoms with E-state index >= 15 is 0 Å². The Morgan fingerprint density at radius 2 is 2.21 bits per heavy atom. The van der Waals surface area contributed by atoms with Crippen molar-refractivity contribution in [2.24, 2.45) is 0 Å². The lowest BCUT2D eigenvalue weighted by molar-refractivity contribution is -0.0203. The van der Waals surface area contributed by atoms with E-state index in [-0.39, 0.29) is 6.10 Å². The first-order valence-electron chi connectivity index (χ1n) is 5.36. The fraction of sp³-hybridized carbons (Fsp3) is 0.636. The van der Waals surface area contributed by atoms with Crippen LogP contribution in [-0.2, 0) is 4.74 Å². The lowest BCUT2D eigenvalue weighted by Crippen LogP contribution is -2.33. The molecule has 0 aliphatic carbocycles. The van der Waals surface area contributed by atoms with E-state index in [2.05, 4.69) is 23.3 Å². The van der Waals surface area contributed by atoms with Gasteiger partial charge in [0.05, 0.1) is 12.2 Å². The Labute approximate surface area is 84.9 Å². The second-order valence-electron chi connectivity index (χ2n) is 3.85. The van der Waals surface area contributed by atoms with Crippen LogP contribution in [0.25, 0.3) is 0 Å². The summed E-state index contributed by atoms with van der Waals surface area (Å²) in [7, 11) is 0. The number of H-pyrrole nitrogens is 1. The maximum Gasteiger partial charge on any atom is 0.0948 e. The van der Waals surface area contributed by atoms with Gasteiger partial charge in [-0.25, -0.2) is 0 Å². The van der Waals surface area contributed by atoms with Gasteiger partial charge in [0, 0.05) is 11.9 Å². The first-order valence-corrected chi connectivity index (χ1v) is 5.36. The van der Waals surface area contributed by atoms with Gasteiger partial charge in [0.15, 0.2) is 0 Å². The summed E-state index contributed by atoms with van der Waals surface area (Å²) in [4.78, 5) is 3.19. The zero-order valence-corrected chi connectivity index (χ0v) is 8.62. The topological polar surface area (TPSA) is 37.0 Å². The molecule has 1 aromatic heterocycles. The summed E-state index contributed by atoms with van der Waals surface area (Å²) in [6, 6.07) is 4.09. The van der Waals surface area contributed by atoms with Crippen LogP contribution in [-0.4, -0.2) is 24.2 Å². The zero-order valence-electron chi connectivity index (χ0n) is 8.62. The largest absolute Gasteiger partial charge is 0.369 e. The first-order chi connectivity index (χ1) is 6.86. The molecule has 2 rings (SSSR count). The highest BCUT2D eigenvalue weighted by molar-refractivity contribution is 5.06. The molecule has 3 nitrogen and oxygen atoms in total. The van der Waals surface area contributed by atoms with Crippen LogP contribution >= 0.6 is 0 Å². The lowest BCUT2D eigenvalue weighted by atomic mass is 10.1. The Morgan fingerprint density at radius 3 is 2.86 bits per heavy atom. The molecule has 0 radical (unpaired) electrons. The van der Waals surface area contributed by atoms with Gasteiger partial charge in [0.1, 0.15) is 0 Å². The molecule has 3 heteroatoms. The Kier molecular flexibility index (Phi) is 3.22. The minimum atomic E-state index is 0.188. The summed E-state index contributed by atoms with van der Waals surface area (Å²) in [5.41, 5.74) is 1.17. The van der Waals surface area contributed by atoms with Crippen LogP contribution in [0.15, 0.2) is 18.3 Å². The molecule has 0 saturated carbocycles. The van der Waals surface area contributed by atoms with Crippen LogP contribution in [0.4, 0.5) is 0 Å². The van der Waals surface area contributed by atoms with Crippen molar-refractivity contribution in [2.75, 3.05) is 13.1 Å². The minimum absolute atomic E-state index is 0.188. The highest BCUT2D eigenvalue weighted by Crippen LogP contribution is 2.20. The van der Waals surface area contributed by atoms with Crippen molar-refractivity contribution in [3.63, 3.8) is 0 Å². The SMILES string of the molecule is CC(OC1CCNCC1)c1ccc[nH]1. The fourth-order valence-corrected chi connectivity index (χ4v) is 1.89. The molecule has 1 saturated heterocycles. The molecule has 1 atom stereocenters. The van der Waals surface area contributed by atoms with E-state index in [0.29, 0.717) is 6.10 Å². The summed E-state index contributed by atoms with van der Waals surface area (Å²) >= 11 is 0. The van der Waals surface area contributed by atoms with Crippen LogP contribution in [0.1, 0.15) is 31.6 Å². The van der Waals surface area contributed by atoms with Crippen molar-refractivity contribution in [1.29, 1.82) is 0 Å². The van der Waals surface area contributed by atoms with Crippen LogP contribution in [0.3, 0.4) is 0 Å². The van der Waals surface area contributed by atoms with E-state index in [9.17, 15) is 0 Å². The molecule has 14 heavy (non-hydrogen) atoms. The number of aromatic amines is 1. The third kappa shape index (κ3) is 2.36. The molecule has 0 amide bonds. The van der Waals surface area contributed by atoms with Gasteiger partial charge in [0.25, 0.3) is 0 Å². The minimum Gasteiger partial charge on any atom is -0.369 e. The summed E-state index contributed by atoms with van der Waals surface area (Å²) in [5, 5.41) is 3.33. The van der Waals surface area contributed by atoms with E-state index in [1.807, 2.05) is 12.3 Å².